The summed E-state index contributed by atoms with van der Waals surface area (Å²) in [7, 11) is 0. The van der Waals surface area contributed by atoms with Gasteiger partial charge in [-0.3, -0.25) is 0 Å². The van der Waals surface area contributed by atoms with Crippen molar-refractivity contribution in [1.82, 2.24) is 0 Å². The van der Waals surface area contributed by atoms with E-state index in [0.29, 0.717) is 0 Å². The van der Waals surface area contributed by atoms with Crippen LogP contribution in [0.25, 0.3) is 10.1 Å². The Kier molecular flexibility index (Phi) is 3.18. The van der Waals surface area contributed by atoms with Crippen LogP contribution < -0.4 is 0 Å². The first-order valence-corrected chi connectivity index (χ1v) is 7.25. The predicted octanol–water partition coefficient (Wildman–Crippen LogP) is 5.39. The van der Waals surface area contributed by atoms with Crippen LogP contribution in [-0.4, -0.2) is 0 Å². The minimum absolute atomic E-state index is 0.178. The van der Waals surface area contributed by atoms with Crippen LogP contribution in [0.1, 0.15) is 10.4 Å². The highest BCUT2D eigenvalue weighted by molar-refractivity contribution is 9.10. The molecule has 1 heterocycles. The fourth-order valence-electron chi connectivity index (χ4n) is 1.98. The molecule has 18 heavy (non-hydrogen) atoms. The predicted molar refractivity (Wildman–Crippen MR) is 78.7 cm³/mol. The van der Waals surface area contributed by atoms with Crippen molar-refractivity contribution >= 4 is 37.4 Å². The number of rotatable bonds is 2. The molecule has 0 unspecified atom stereocenters. The van der Waals surface area contributed by atoms with Crippen LogP contribution in [0.5, 0.6) is 0 Å². The van der Waals surface area contributed by atoms with Crippen LogP contribution in [-0.2, 0) is 6.42 Å². The van der Waals surface area contributed by atoms with Gasteiger partial charge in [-0.25, -0.2) is 4.39 Å². The summed E-state index contributed by atoms with van der Waals surface area (Å²) in [4.78, 5) is 1.24. The maximum atomic E-state index is 13.2. The number of fused-ring (bicyclic) bond motifs is 1. The summed E-state index contributed by atoms with van der Waals surface area (Å²) in [5.41, 5.74) is 1.27. The van der Waals surface area contributed by atoms with E-state index in [9.17, 15) is 4.39 Å². The van der Waals surface area contributed by atoms with Crippen LogP contribution in [0.3, 0.4) is 0 Å². The molecule has 0 atom stereocenters. The third-order valence-corrected chi connectivity index (χ3v) is 5.19. The van der Waals surface area contributed by atoms with Gasteiger partial charge in [0.15, 0.2) is 0 Å². The van der Waals surface area contributed by atoms with Gasteiger partial charge >= 0.3 is 0 Å². The summed E-state index contributed by atoms with van der Waals surface area (Å²) in [5.74, 6) is -0.178. The standard InChI is InChI=1S/C15H10BrFS/c16-15-12-7-6-11(17)9-13(12)18-14(15)8-10-4-2-1-3-5-10/h1-7,9H,8H2. The van der Waals surface area contributed by atoms with E-state index in [4.69, 9.17) is 0 Å². The number of halogens is 2. The van der Waals surface area contributed by atoms with Gasteiger partial charge in [0.1, 0.15) is 5.82 Å². The average molecular weight is 321 g/mol. The second-order valence-electron chi connectivity index (χ2n) is 4.14. The van der Waals surface area contributed by atoms with E-state index in [1.807, 2.05) is 24.3 Å². The van der Waals surface area contributed by atoms with E-state index in [1.165, 1.54) is 16.5 Å². The van der Waals surface area contributed by atoms with E-state index in [0.717, 1.165) is 21.0 Å². The highest BCUT2D eigenvalue weighted by Gasteiger charge is 2.10. The minimum atomic E-state index is -0.178. The largest absolute Gasteiger partial charge is 0.207 e. The van der Waals surface area contributed by atoms with Gasteiger partial charge in [-0.2, -0.15) is 0 Å². The number of thiophene rings is 1. The molecule has 0 bridgehead atoms. The maximum absolute atomic E-state index is 13.2. The summed E-state index contributed by atoms with van der Waals surface area (Å²) in [6, 6.07) is 15.2. The van der Waals surface area contributed by atoms with Crippen molar-refractivity contribution in [3.63, 3.8) is 0 Å². The third-order valence-electron chi connectivity index (χ3n) is 2.87. The lowest BCUT2D eigenvalue weighted by atomic mass is 10.1. The Bertz CT molecular complexity index is 688. The van der Waals surface area contributed by atoms with Crippen LogP contribution in [0.2, 0.25) is 0 Å². The van der Waals surface area contributed by atoms with Gasteiger partial charge in [-0.1, -0.05) is 30.3 Å². The molecule has 0 amide bonds. The average Bonchev–Trinajstić information content (AvgIpc) is 2.67. The van der Waals surface area contributed by atoms with Gasteiger partial charge in [0.25, 0.3) is 0 Å². The van der Waals surface area contributed by atoms with Gasteiger partial charge in [-0.05, 0) is 39.7 Å². The second-order valence-corrected chi connectivity index (χ2v) is 6.07. The van der Waals surface area contributed by atoms with Crippen LogP contribution in [0, 0.1) is 5.82 Å². The first-order chi connectivity index (χ1) is 8.74. The van der Waals surface area contributed by atoms with Crippen LogP contribution in [0.15, 0.2) is 53.0 Å². The zero-order valence-electron chi connectivity index (χ0n) is 9.49. The quantitative estimate of drug-likeness (QED) is 0.593. The zero-order valence-corrected chi connectivity index (χ0v) is 11.9. The first kappa shape index (κ1) is 11.9. The molecule has 1 aromatic heterocycles. The first-order valence-electron chi connectivity index (χ1n) is 5.64. The molecule has 90 valence electrons. The van der Waals surface area contributed by atoms with E-state index >= 15 is 0 Å². The molecule has 0 aliphatic carbocycles. The van der Waals surface area contributed by atoms with Crippen molar-refractivity contribution in [2.75, 3.05) is 0 Å². The van der Waals surface area contributed by atoms with Crippen molar-refractivity contribution in [3.05, 3.63) is 69.3 Å². The molecule has 0 aliphatic rings. The minimum Gasteiger partial charge on any atom is -0.207 e. The Labute approximate surface area is 117 Å². The Hall–Kier alpha value is -1.19. The summed E-state index contributed by atoms with van der Waals surface area (Å²) in [6.07, 6.45) is 0.877. The molecule has 0 spiro atoms. The van der Waals surface area contributed by atoms with Crippen LogP contribution in [0.4, 0.5) is 4.39 Å². The SMILES string of the molecule is Fc1ccc2c(Br)c(Cc3ccccc3)sc2c1. The molecule has 2 aromatic carbocycles. The molecule has 0 fully saturated rings. The third kappa shape index (κ3) is 2.20. The number of benzene rings is 2. The Morgan fingerprint density at radius 3 is 2.61 bits per heavy atom. The molecule has 3 rings (SSSR count). The lowest BCUT2D eigenvalue weighted by molar-refractivity contribution is 0.630. The molecule has 0 nitrogen and oxygen atoms in total. The highest BCUT2D eigenvalue weighted by atomic mass is 79.9. The van der Waals surface area contributed by atoms with Gasteiger partial charge in [0, 0.05) is 25.9 Å². The molecule has 0 saturated heterocycles. The van der Waals surface area contributed by atoms with Crippen molar-refractivity contribution in [1.29, 1.82) is 0 Å². The topological polar surface area (TPSA) is 0 Å². The summed E-state index contributed by atoms with van der Waals surface area (Å²) in [6.45, 7) is 0. The molecule has 0 saturated carbocycles. The molecule has 3 heteroatoms. The normalized spacial score (nSPS) is 11.0. The smallest absolute Gasteiger partial charge is 0.124 e. The molecular formula is C15H10BrFS. The highest BCUT2D eigenvalue weighted by Crippen LogP contribution is 2.37. The number of hydrogen-bond acceptors (Lipinski definition) is 1. The Morgan fingerprint density at radius 2 is 1.83 bits per heavy atom. The fourth-order valence-corrected chi connectivity index (χ4v) is 4.00. The zero-order chi connectivity index (χ0) is 12.5. The van der Waals surface area contributed by atoms with E-state index in [-0.39, 0.29) is 5.82 Å². The van der Waals surface area contributed by atoms with Gasteiger partial charge in [0.2, 0.25) is 0 Å². The van der Waals surface area contributed by atoms with E-state index in [1.54, 1.807) is 17.4 Å². The molecule has 0 N–H and O–H groups in total. The van der Waals surface area contributed by atoms with Crippen molar-refractivity contribution in [2.45, 2.75) is 6.42 Å². The molecule has 0 aliphatic heterocycles. The fraction of sp³-hybridized carbons (Fsp3) is 0.0667. The molecule has 0 radical (unpaired) electrons. The maximum Gasteiger partial charge on any atom is 0.124 e. The van der Waals surface area contributed by atoms with Gasteiger partial charge in [0.05, 0.1) is 0 Å². The van der Waals surface area contributed by atoms with E-state index in [2.05, 4.69) is 28.1 Å². The Morgan fingerprint density at radius 1 is 1.06 bits per heavy atom. The Balaban J connectivity index is 2.05. The van der Waals surface area contributed by atoms with Gasteiger partial charge < -0.3 is 0 Å². The van der Waals surface area contributed by atoms with Gasteiger partial charge in [-0.15, -0.1) is 11.3 Å². The summed E-state index contributed by atoms with van der Waals surface area (Å²) in [5, 5.41) is 1.09. The van der Waals surface area contributed by atoms with Crippen molar-refractivity contribution < 1.29 is 4.39 Å². The monoisotopic (exact) mass is 320 g/mol. The second kappa shape index (κ2) is 4.82. The van der Waals surface area contributed by atoms with Crippen LogP contribution >= 0.6 is 27.3 Å². The lowest BCUT2D eigenvalue weighted by Crippen LogP contribution is -1.83. The molecule has 3 aromatic rings. The van der Waals surface area contributed by atoms with Crippen molar-refractivity contribution in [3.8, 4) is 0 Å². The lowest BCUT2D eigenvalue weighted by Gasteiger charge is -1.98. The summed E-state index contributed by atoms with van der Waals surface area (Å²) >= 11 is 5.27. The number of hydrogen-bond donors (Lipinski definition) is 0. The molecular weight excluding hydrogens is 311 g/mol. The van der Waals surface area contributed by atoms with E-state index < -0.39 is 0 Å². The summed E-state index contributed by atoms with van der Waals surface area (Å²) < 4.78 is 15.3. The van der Waals surface area contributed by atoms with Crippen molar-refractivity contribution in [2.24, 2.45) is 0 Å².